The van der Waals surface area contributed by atoms with E-state index in [0.29, 0.717) is 17.1 Å². The molecule has 2 nitrogen and oxygen atoms in total. The lowest BCUT2D eigenvalue weighted by molar-refractivity contribution is -0.116. The van der Waals surface area contributed by atoms with Gasteiger partial charge >= 0.3 is 0 Å². The number of carbonyl (C=O) groups is 1. The van der Waals surface area contributed by atoms with Gasteiger partial charge in [0, 0.05) is 6.42 Å². The molecule has 7 atom stereocenters. The summed E-state index contributed by atoms with van der Waals surface area (Å²) in [6.45, 7) is 2.39. The summed E-state index contributed by atoms with van der Waals surface area (Å²) in [6, 6.07) is 0. The first-order valence-electron chi connectivity index (χ1n) is 8.97. The van der Waals surface area contributed by atoms with Gasteiger partial charge in [-0.15, -0.1) is 0 Å². The molecule has 5 aliphatic carbocycles. The summed E-state index contributed by atoms with van der Waals surface area (Å²) in [5.74, 6) is 3.50. The third-order valence-electron chi connectivity index (χ3n) is 8.42. The molecule has 4 fully saturated rings. The highest BCUT2D eigenvalue weighted by molar-refractivity contribution is 5.91. The maximum atomic E-state index is 11.7. The van der Waals surface area contributed by atoms with Crippen molar-refractivity contribution in [3.8, 4) is 0 Å². The minimum Gasteiger partial charge on any atom is -0.393 e. The Morgan fingerprint density at radius 2 is 2.10 bits per heavy atom. The van der Waals surface area contributed by atoms with Crippen LogP contribution in [0.3, 0.4) is 0 Å². The topological polar surface area (TPSA) is 37.3 Å². The van der Waals surface area contributed by atoms with Crippen LogP contribution in [0.5, 0.6) is 0 Å². The molecule has 0 heterocycles. The lowest BCUT2D eigenvalue weighted by atomic mass is 9.49. The predicted octanol–water partition coefficient (Wildman–Crippen LogP) is 3.49. The van der Waals surface area contributed by atoms with Crippen molar-refractivity contribution in [1.82, 2.24) is 0 Å². The molecule has 5 aliphatic rings. The second-order valence-corrected chi connectivity index (χ2v) is 8.79. The van der Waals surface area contributed by atoms with Crippen molar-refractivity contribution < 1.29 is 9.90 Å². The standard InChI is InChI=1S/C19H26O2/c1-18-7-6-15-14-4-3-13(20)8-11(14)2-5-16(15)19(18)10-12(19)9-17(18)21/h8,12,14-17,21H,2-7,9-10H2,1H3/t12?,14?,15?,16-,17?,18?,19?/m1/s1. The van der Waals surface area contributed by atoms with Crippen LogP contribution in [0.15, 0.2) is 11.6 Å². The summed E-state index contributed by atoms with van der Waals surface area (Å²) in [5.41, 5.74) is 2.15. The molecular weight excluding hydrogens is 260 g/mol. The molecule has 5 rings (SSSR count). The van der Waals surface area contributed by atoms with Gasteiger partial charge < -0.3 is 5.11 Å². The molecule has 0 amide bonds. The molecule has 6 unspecified atom stereocenters. The summed E-state index contributed by atoms with van der Waals surface area (Å²) in [7, 11) is 0. The van der Waals surface area contributed by atoms with Gasteiger partial charge in [-0.25, -0.2) is 0 Å². The zero-order chi connectivity index (χ0) is 14.4. The SMILES string of the molecule is CC12CCC3C4CCC(=O)C=C4CC[C@H]3C13CC3CC2O. The van der Waals surface area contributed by atoms with E-state index in [1.165, 1.54) is 31.3 Å². The van der Waals surface area contributed by atoms with Gasteiger partial charge in [-0.3, -0.25) is 4.79 Å². The number of rotatable bonds is 0. The molecule has 0 bridgehead atoms. The number of aliphatic hydroxyl groups is 1. The Bertz CT molecular complexity index is 550. The highest BCUT2D eigenvalue weighted by atomic mass is 16.3. The zero-order valence-corrected chi connectivity index (χ0v) is 13.0. The highest BCUT2D eigenvalue weighted by Gasteiger charge is 2.76. The molecular formula is C19H26O2. The summed E-state index contributed by atoms with van der Waals surface area (Å²) >= 11 is 0. The Balaban J connectivity index is 1.53. The number of allylic oxidation sites excluding steroid dienone is 1. The summed E-state index contributed by atoms with van der Waals surface area (Å²) in [6.07, 6.45) is 11.2. The minimum absolute atomic E-state index is 0.0536. The van der Waals surface area contributed by atoms with Crippen LogP contribution in [0.2, 0.25) is 0 Å². The van der Waals surface area contributed by atoms with E-state index < -0.39 is 0 Å². The number of fused-ring (bicyclic) bond motifs is 3. The van der Waals surface area contributed by atoms with Crippen LogP contribution in [0.4, 0.5) is 0 Å². The molecule has 0 aromatic heterocycles. The van der Waals surface area contributed by atoms with Gasteiger partial charge in [-0.1, -0.05) is 12.5 Å². The highest BCUT2D eigenvalue weighted by Crippen LogP contribution is 2.81. The third-order valence-corrected chi connectivity index (χ3v) is 8.42. The Morgan fingerprint density at radius 3 is 2.95 bits per heavy atom. The third kappa shape index (κ3) is 1.37. The van der Waals surface area contributed by atoms with Gasteiger partial charge in [-0.05, 0) is 85.5 Å². The number of hydrogen-bond donors (Lipinski definition) is 1. The van der Waals surface area contributed by atoms with Crippen LogP contribution in [-0.4, -0.2) is 17.0 Å². The van der Waals surface area contributed by atoms with Crippen molar-refractivity contribution in [2.75, 3.05) is 0 Å². The lowest BCUT2D eigenvalue weighted by Gasteiger charge is -2.55. The molecule has 114 valence electrons. The summed E-state index contributed by atoms with van der Waals surface area (Å²) in [4.78, 5) is 11.7. The fourth-order valence-corrected chi connectivity index (χ4v) is 7.40. The molecule has 1 N–H and O–H groups in total. The van der Waals surface area contributed by atoms with Crippen molar-refractivity contribution in [3.63, 3.8) is 0 Å². The molecule has 0 radical (unpaired) electrons. The van der Waals surface area contributed by atoms with Crippen LogP contribution in [0, 0.1) is 34.5 Å². The lowest BCUT2D eigenvalue weighted by Crippen LogP contribution is -2.50. The molecule has 0 aromatic carbocycles. The largest absolute Gasteiger partial charge is 0.393 e. The predicted molar refractivity (Wildman–Crippen MR) is 80.5 cm³/mol. The van der Waals surface area contributed by atoms with Gasteiger partial charge in [0.2, 0.25) is 0 Å². The second-order valence-electron chi connectivity index (χ2n) is 8.79. The summed E-state index contributed by atoms with van der Waals surface area (Å²) in [5, 5.41) is 10.6. The average Bonchev–Trinajstić information content (AvgIpc) is 3.12. The van der Waals surface area contributed by atoms with Gasteiger partial charge in [0.25, 0.3) is 0 Å². The first-order chi connectivity index (χ1) is 10.1. The molecule has 0 aliphatic heterocycles. The normalized spacial score (nSPS) is 57.7. The molecule has 2 heteroatoms. The van der Waals surface area contributed by atoms with E-state index in [0.717, 1.165) is 43.4 Å². The quantitative estimate of drug-likeness (QED) is 0.740. The molecule has 0 saturated heterocycles. The van der Waals surface area contributed by atoms with Crippen molar-refractivity contribution in [1.29, 1.82) is 0 Å². The zero-order valence-electron chi connectivity index (χ0n) is 13.0. The number of aliphatic hydroxyl groups excluding tert-OH is 1. The Labute approximate surface area is 127 Å². The van der Waals surface area contributed by atoms with Gasteiger partial charge in [0.15, 0.2) is 5.78 Å². The van der Waals surface area contributed by atoms with E-state index in [9.17, 15) is 9.90 Å². The van der Waals surface area contributed by atoms with Crippen LogP contribution < -0.4 is 0 Å². The van der Waals surface area contributed by atoms with Gasteiger partial charge in [0.05, 0.1) is 6.10 Å². The van der Waals surface area contributed by atoms with E-state index in [2.05, 4.69) is 6.92 Å². The number of carbonyl (C=O) groups excluding carboxylic acids is 1. The van der Waals surface area contributed by atoms with E-state index in [4.69, 9.17) is 0 Å². The van der Waals surface area contributed by atoms with Crippen molar-refractivity contribution in [2.45, 2.75) is 64.4 Å². The van der Waals surface area contributed by atoms with Crippen LogP contribution in [-0.2, 0) is 4.79 Å². The van der Waals surface area contributed by atoms with Crippen molar-refractivity contribution in [2.24, 2.45) is 34.5 Å². The van der Waals surface area contributed by atoms with Crippen LogP contribution >= 0.6 is 0 Å². The monoisotopic (exact) mass is 286 g/mol. The fraction of sp³-hybridized carbons (Fsp3) is 0.842. The first kappa shape index (κ1) is 12.9. The van der Waals surface area contributed by atoms with Gasteiger partial charge in [-0.2, -0.15) is 0 Å². The molecule has 0 aromatic rings. The fourth-order valence-electron chi connectivity index (χ4n) is 7.40. The maximum absolute atomic E-state index is 11.7. The molecule has 1 spiro atoms. The van der Waals surface area contributed by atoms with Gasteiger partial charge in [0.1, 0.15) is 0 Å². The van der Waals surface area contributed by atoms with E-state index in [1.54, 1.807) is 0 Å². The number of ketones is 1. The van der Waals surface area contributed by atoms with Crippen LogP contribution in [0.1, 0.15) is 58.3 Å². The Hall–Kier alpha value is -0.630. The average molecular weight is 286 g/mol. The Kier molecular flexibility index (Phi) is 2.34. The van der Waals surface area contributed by atoms with Crippen LogP contribution in [0.25, 0.3) is 0 Å². The summed E-state index contributed by atoms with van der Waals surface area (Å²) < 4.78 is 0. The number of hydrogen-bond acceptors (Lipinski definition) is 2. The second kappa shape index (κ2) is 3.82. The van der Waals surface area contributed by atoms with Crippen molar-refractivity contribution in [3.05, 3.63) is 11.6 Å². The first-order valence-corrected chi connectivity index (χ1v) is 8.97. The smallest absolute Gasteiger partial charge is 0.155 e. The minimum atomic E-state index is -0.0536. The maximum Gasteiger partial charge on any atom is 0.155 e. The van der Waals surface area contributed by atoms with E-state index in [-0.39, 0.29) is 11.5 Å². The van der Waals surface area contributed by atoms with Crippen molar-refractivity contribution >= 4 is 5.78 Å². The molecule has 4 saturated carbocycles. The molecule has 21 heavy (non-hydrogen) atoms. The van der Waals surface area contributed by atoms with E-state index in [1.807, 2.05) is 6.08 Å². The van der Waals surface area contributed by atoms with E-state index >= 15 is 0 Å². The Morgan fingerprint density at radius 1 is 1.24 bits per heavy atom.